The van der Waals surface area contributed by atoms with Crippen LogP contribution in [0.4, 0.5) is 5.69 Å². The molecule has 4 rings (SSSR count). The van der Waals surface area contributed by atoms with E-state index in [0.717, 1.165) is 29.3 Å². The molecule has 1 fully saturated rings. The van der Waals surface area contributed by atoms with Gasteiger partial charge in [0, 0.05) is 35.7 Å². The lowest BCUT2D eigenvalue weighted by Crippen LogP contribution is -2.38. The summed E-state index contributed by atoms with van der Waals surface area (Å²) in [4.78, 5) is 31.3. The van der Waals surface area contributed by atoms with E-state index < -0.39 is 0 Å². The summed E-state index contributed by atoms with van der Waals surface area (Å²) in [5.41, 5.74) is 2.98. The molecule has 32 heavy (non-hydrogen) atoms. The third-order valence-corrected chi connectivity index (χ3v) is 6.76. The molecule has 0 atom stereocenters. The number of aromatic nitrogens is 3. The highest BCUT2D eigenvalue weighted by Crippen LogP contribution is 2.23. The van der Waals surface area contributed by atoms with E-state index in [2.05, 4.69) is 20.5 Å². The number of thioether (sulfide) groups is 1. The first-order valence-electron chi connectivity index (χ1n) is 10.9. The van der Waals surface area contributed by atoms with Gasteiger partial charge in [0.25, 0.3) is 11.8 Å². The van der Waals surface area contributed by atoms with Gasteiger partial charge in [0.15, 0.2) is 5.16 Å². The molecule has 1 saturated carbocycles. The molecule has 2 amide bonds. The number of rotatable bonds is 7. The second-order valence-corrected chi connectivity index (χ2v) is 8.98. The van der Waals surface area contributed by atoms with Crippen LogP contribution in [-0.2, 0) is 5.75 Å². The third kappa shape index (κ3) is 5.56. The van der Waals surface area contributed by atoms with Gasteiger partial charge in [-0.05, 0) is 54.8 Å². The Labute approximate surface area is 192 Å². The van der Waals surface area contributed by atoms with Crippen molar-refractivity contribution in [3.05, 3.63) is 71.5 Å². The monoisotopic (exact) mass is 449 g/mol. The summed E-state index contributed by atoms with van der Waals surface area (Å²) in [5, 5.41) is 10.3. The van der Waals surface area contributed by atoms with Crippen molar-refractivity contribution < 1.29 is 9.59 Å². The van der Waals surface area contributed by atoms with Gasteiger partial charge in [-0.1, -0.05) is 43.2 Å². The van der Waals surface area contributed by atoms with Crippen molar-refractivity contribution in [1.29, 1.82) is 0 Å². The molecule has 0 spiro atoms. The van der Waals surface area contributed by atoms with E-state index in [9.17, 15) is 9.59 Å². The highest BCUT2D eigenvalue weighted by Gasteiger charge is 2.22. The molecule has 0 saturated heterocycles. The van der Waals surface area contributed by atoms with Gasteiger partial charge < -0.3 is 10.2 Å². The molecule has 2 aromatic carbocycles. The number of carbonyl (C=O) groups is 2. The van der Waals surface area contributed by atoms with E-state index >= 15 is 0 Å². The van der Waals surface area contributed by atoms with Crippen LogP contribution in [0.15, 0.2) is 60.0 Å². The van der Waals surface area contributed by atoms with Crippen molar-refractivity contribution in [2.45, 2.75) is 49.1 Å². The molecule has 166 valence electrons. The summed E-state index contributed by atoms with van der Waals surface area (Å²) in [6.07, 6.45) is 7.27. The van der Waals surface area contributed by atoms with Crippen LogP contribution < -0.4 is 5.32 Å². The van der Waals surface area contributed by atoms with Crippen molar-refractivity contribution >= 4 is 29.3 Å². The number of anilines is 1. The van der Waals surface area contributed by atoms with E-state index in [1.807, 2.05) is 36.2 Å². The van der Waals surface area contributed by atoms with Crippen molar-refractivity contribution in [2.24, 2.45) is 0 Å². The van der Waals surface area contributed by atoms with Crippen molar-refractivity contribution in [1.82, 2.24) is 20.1 Å². The Morgan fingerprint density at radius 2 is 1.72 bits per heavy atom. The van der Waals surface area contributed by atoms with Gasteiger partial charge in [-0.2, -0.15) is 5.10 Å². The number of amides is 2. The van der Waals surface area contributed by atoms with Crippen molar-refractivity contribution in [2.75, 3.05) is 12.4 Å². The summed E-state index contributed by atoms with van der Waals surface area (Å²) in [7, 11) is 1.89. The molecule has 1 aliphatic carbocycles. The SMILES string of the molecule is CN(C(=O)c1ccc(NC(=O)c2ccc(CSc3ncn[nH]3)cc2)cc1)C1CCCCC1. The highest BCUT2D eigenvalue weighted by molar-refractivity contribution is 7.98. The zero-order valence-electron chi connectivity index (χ0n) is 18.1. The van der Waals surface area contributed by atoms with Crippen LogP contribution in [0.2, 0.25) is 0 Å². The Bertz CT molecular complexity index is 1030. The van der Waals surface area contributed by atoms with Crippen LogP contribution in [0.5, 0.6) is 0 Å². The van der Waals surface area contributed by atoms with E-state index in [0.29, 0.717) is 22.9 Å². The van der Waals surface area contributed by atoms with Gasteiger partial charge in [-0.15, -0.1) is 0 Å². The number of nitrogens with zero attached hydrogens (tertiary/aromatic N) is 3. The summed E-state index contributed by atoms with van der Waals surface area (Å²) in [5.74, 6) is 0.591. The Hall–Kier alpha value is -3.13. The Kier molecular flexibility index (Phi) is 7.21. The van der Waals surface area contributed by atoms with Crippen LogP contribution >= 0.6 is 11.8 Å². The molecule has 0 aliphatic heterocycles. The van der Waals surface area contributed by atoms with Crippen LogP contribution in [0.1, 0.15) is 58.4 Å². The molecule has 0 bridgehead atoms. The molecule has 1 heterocycles. The standard InChI is InChI=1S/C24H27N5O2S/c1-29(21-5-3-2-4-6-21)23(31)19-11-13-20(14-12-19)27-22(30)18-9-7-17(8-10-18)15-32-24-25-16-26-28-24/h7-14,16,21H,2-6,15H2,1H3,(H,27,30)(H,25,26,28). The fourth-order valence-electron chi connectivity index (χ4n) is 3.91. The van der Waals surface area contributed by atoms with Gasteiger partial charge in [0.2, 0.25) is 0 Å². The Balaban J connectivity index is 1.31. The average molecular weight is 450 g/mol. The number of H-pyrrole nitrogens is 1. The van der Waals surface area contributed by atoms with Crippen molar-refractivity contribution in [3.63, 3.8) is 0 Å². The van der Waals surface area contributed by atoms with Gasteiger partial charge in [-0.25, -0.2) is 4.98 Å². The van der Waals surface area contributed by atoms with Gasteiger partial charge in [-0.3, -0.25) is 14.7 Å². The number of hydrogen-bond acceptors (Lipinski definition) is 5. The molecule has 3 aromatic rings. The zero-order chi connectivity index (χ0) is 22.3. The van der Waals surface area contributed by atoms with Gasteiger partial charge >= 0.3 is 0 Å². The summed E-state index contributed by atoms with van der Waals surface area (Å²) < 4.78 is 0. The molecule has 1 aromatic heterocycles. The normalized spacial score (nSPS) is 14.2. The number of carbonyl (C=O) groups excluding carboxylic acids is 2. The second kappa shape index (κ2) is 10.5. The van der Waals surface area contributed by atoms with Gasteiger partial charge in [0.05, 0.1) is 0 Å². The lowest BCUT2D eigenvalue weighted by molar-refractivity contribution is 0.0696. The maximum atomic E-state index is 12.8. The molecule has 7 nitrogen and oxygen atoms in total. The largest absolute Gasteiger partial charge is 0.339 e. The summed E-state index contributed by atoms with van der Waals surface area (Å²) >= 11 is 1.55. The van der Waals surface area contributed by atoms with Gasteiger partial charge in [0.1, 0.15) is 6.33 Å². The molecule has 0 radical (unpaired) electrons. The first-order chi connectivity index (χ1) is 15.6. The maximum absolute atomic E-state index is 12.8. The number of hydrogen-bond donors (Lipinski definition) is 2. The van der Waals surface area contributed by atoms with E-state index in [4.69, 9.17) is 0 Å². The van der Waals surface area contributed by atoms with Crippen LogP contribution in [-0.4, -0.2) is 45.0 Å². The van der Waals surface area contributed by atoms with Crippen molar-refractivity contribution in [3.8, 4) is 0 Å². The van der Waals surface area contributed by atoms with E-state index in [1.54, 1.807) is 36.0 Å². The highest BCUT2D eigenvalue weighted by atomic mass is 32.2. The molecule has 2 N–H and O–H groups in total. The minimum absolute atomic E-state index is 0.0357. The second-order valence-electron chi connectivity index (χ2n) is 8.02. The fourth-order valence-corrected chi connectivity index (χ4v) is 4.64. The molecule has 0 unspecified atom stereocenters. The fraction of sp³-hybridized carbons (Fsp3) is 0.333. The molecular formula is C24H27N5O2S. The first kappa shape index (κ1) is 22.1. The topological polar surface area (TPSA) is 91.0 Å². The average Bonchev–Trinajstić information content (AvgIpc) is 3.37. The molecular weight excluding hydrogens is 422 g/mol. The summed E-state index contributed by atoms with van der Waals surface area (Å²) in [6.45, 7) is 0. The molecule has 8 heteroatoms. The number of aromatic amines is 1. The van der Waals surface area contributed by atoms with Crippen LogP contribution in [0.25, 0.3) is 0 Å². The zero-order valence-corrected chi connectivity index (χ0v) is 18.9. The summed E-state index contributed by atoms with van der Waals surface area (Å²) in [6, 6.07) is 14.9. The lowest BCUT2D eigenvalue weighted by Gasteiger charge is -2.31. The minimum atomic E-state index is -0.183. The quantitative estimate of drug-likeness (QED) is 0.508. The minimum Gasteiger partial charge on any atom is -0.339 e. The third-order valence-electron chi connectivity index (χ3n) is 5.82. The van der Waals surface area contributed by atoms with E-state index in [-0.39, 0.29) is 11.8 Å². The number of benzene rings is 2. The van der Waals surface area contributed by atoms with E-state index in [1.165, 1.54) is 25.6 Å². The Morgan fingerprint density at radius 3 is 2.38 bits per heavy atom. The predicted molar refractivity (Wildman–Crippen MR) is 126 cm³/mol. The smallest absolute Gasteiger partial charge is 0.255 e. The first-order valence-corrected chi connectivity index (χ1v) is 11.8. The Morgan fingerprint density at radius 1 is 1.03 bits per heavy atom. The van der Waals surface area contributed by atoms with Crippen LogP contribution in [0, 0.1) is 0 Å². The predicted octanol–water partition coefficient (Wildman–Crippen LogP) is 4.75. The van der Waals surface area contributed by atoms with Crippen LogP contribution in [0.3, 0.4) is 0 Å². The lowest BCUT2D eigenvalue weighted by atomic mass is 9.94. The molecule has 1 aliphatic rings. The number of nitrogens with one attached hydrogen (secondary N) is 2. The maximum Gasteiger partial charge on any atom is 0.255 e.